The Morgan fingerprint density at radius 2 is 1.92 bits per heavy atom. The molecule has 0 aliphatic carbocycles. The van der Waals surface area contributed by atoms with Gasteiger partial charge in [-0.25, -0.2) is 0 Å². The number of benzene rings is 1. The molecule has 1 heterocycles. The van der Waals surface area contributed by atoms with E-state index in [1.165, 1.54) is 0 Å². The maximum atomic E-state index is 12.4. The first-order chi connectivity index (χ1) is 11.8. The highest BCUT2D eigenvalue weighted by molar-refractivity contribution is 5.98. The molecule has 138 valence electrons. The number of piperidine rings is 1. The Hall–Kier alpha value is -1.88. The predicted molar refractivity (Wildman–Crippen MR) is 98.7 cm³/mol. The number of hydrogen-bond acceptors (Lipinski definition) is 4. The van der Waals surface area contributed by atoms with Crippen molar-refractivity contribution in [2.24, 2.45) is 11.1 Å². The van der Waals surface area contributed by atoms with Crippen LogP contribution in [0, 0.1) is 5.41 Å². The molecule has 1 aromatic rings. The van der Waals surface area contributed by atoms with Crippen LogP contribution in [0.4, 0.5) is 0 Å². The zero-order valence-electron chi connectivity index (χ0n) is 15.6. The molecule has 5 nitrogen and oxygen atoms in total. The number of nitrogens with two attached hydrogens (primary N) is 1. The van der Waals surface area contributed by atoms with Gasteiger partial charge in [-0.05, 0) is 42.5 Å². The van der Waals surface area contributed by atoms with Gasteiger partial charge in [0.2, 0.25) is 5.91 Å². The van der Waals surface area contributed by atoms with Crippen molar-refractivity contribution >= 4 is 11.7 Å². The lowest BCUT2D eigenvalue weighted by Gasteiger charge is -2.42. The molecular weight excluding hydrogens is 316 g/mol. The van der Waals surface area contributed by atoms with Crippen LogP contribution in [0.15, 0.2) is 24.3 Å². The number of amides is 1. The summed E-state index contributed by atoms with van der Waals surface area (Å²) in [4.78, 5) is 26.6. The molecule has 1 aliphatic heterocycles. The second-order valence-electron chi connectivity index (χ2n) is 7.50. The number of likely N-dealkylation sites (tertiary alicyclic amines) is 1. The van der Waals surface area contributed by atoms with Gasteiger partial charge in [-0.3, -0.25) is 9.59 Å². The van der Waals surface area contributed by atoms with E-state index in [0.717, 1.165) is 18.6 Å². The Balaban J connectivity index is 1.84. The van der Waals surface area contributed by atoms with Crippen molar-refractivity contribution in [2.45, 2.75) is 52.5 Å². The average molecular weight is 346 g/mol. The Kier molecular flexibility index (Phi) is 6.59. The predicted octanol–water partition coefficient (Wildman–Crippen LogP) is 3.02. The number of rotatable bonds is 7. The quantitative estimate of drug-likeness (QED) is 0.770. The van der Waals surface area contributed by atoms with Gasteiger partial charge < -0.3 is 15.4 Å². The second-order valence-corrected chi connectivity index (χ2v) is 7.50. The maximum absolute atomic E-state index is 12.4. The zero-order chi connectivity index (χ0) is 18.4. The van der Waals surface area contributed by atoms with E-state index in [1.54, 1.807) is 24.3 Å². The number of Topliss-reactive ketones (excluding diaryl/α,β-unsaturated/α-hetero) is 1. The third-order valence-electron chi connectivity index (χ3n) is 4.88. The fraction of sp³-hybridized carbons (Fsp3) is 0.600. The molecular formula is C20H30N2O3. The van der Waals surface area contributed by atoms with E-state index in [1.807, 2.05) is 11.8 Å². The fourth-order valence-electron chi connectivity index (χ4n) is 3.07. The lowest BCUT2D eigenvalue weighted by Crippen LogP contribution is -2.54. The van der Waals surface area contributed by atoms with Crippen molar-refractivity contribution in [1.82, 2.24) is 4.90 Å². The first kappa shape index (κ1) is 19.4. The average Bonchev–Trinajstić information content (AvgIpc) is 2.60. The van der Waals surface area contributed by atoms with E-state index >= 15 is 0 Å². The normalized spacial score (nSPS) is 19.5. The summed E-state index contributed by atoms with van der Waals surface area (Å²) in [5.74, 6) is 0.793. The standard InChI is InChI=1S/C20H30N2O3/c1-4-13-25-16-7-5-15(6-8-16)17(23)9-10-19(24)22-12-11-18(21)20(2,3)14-22/h5-8,18H,4,9-14,21H2,1-3H3. The van der Waals surface area contributed by atoms with E-state index in [9.17, 15) is 9.59 Å². The van der Waals surface area contributed by atoms with Crippen molar-refractivity contribution in [1.29, 1.82) is 0 Å². The van der Waals surface area contributed by atoms with Gasteiger partial charge in [0.05, 0.1) is 6.61 Å². The summed E-state index contributed by atoms with van der Waals surface area (Å²) in [6.45, 7) is 8.23. The minimum atomic E-state index is -0.0771. The fourth-order valence-corrected chi connectivity index (χ4v) is 3.07. The molecule has 2 rings (SSSR count). The molecule has 1 atom stereocenters. The summed E-state index contributed by atoms with van der Waals surface area (Å²) in [5, 5.41) is 0. The Labute approximate surface area is 150 Å². The van der Waals surface area contributed by atoms with Gasteiger partial charge in [0.1, 0.15) is 5.75 Å². The van der Waals surface area contributed by atoms with Crippen LogP contribution >= 0.6 is 0 Å². The van der Waals surface area contributed by atoms with Gasteiger partial charge in [-0.2, -0.15) is 0 Å². The van der Waals surface area contributed by atoms with Crippen LogP contribution in [0.3, 0.4) is 0 Å². The molecule has 5 heteroatoms. The number of carbonyl (C=O) groups excluding carboxylic acids is 2. The van der Waals surface area contributed by atoms with Crippen molar-refractivity contribution < 1.29 is 14.3 Å². The van der Waals surface area contributed by atoms with E-state index < -0.39 is 0 Å². The lowest BCUT2D eigenvalue weighted by molar-refractivity contribution is -0.134. The summed E-state index contributed by atoms with van der Waals surface area (Å²) in [6.07, 6.45) is 2.24. The molecule has 1 aromatic carbocycles. The molecule has 1 unspecified atom stereocenters. The van der Waals surface area contributed by atoms with Crippen LogP contribution in [0.2, 0.25) is 0 Å². The molecule has 2 N–H and O–H groups in total. The van der Waals surface area contributed by atoms with Gasteiger partial charge >= 0.3 is 0 Å². The van der Waals surface area contributed by atoms with Gasteiger partial charge in [0.15, 0.2) is 5.78 Å². The molecule has 0 bridgehead atoms. The maximum Gasteiger partial charge on any atom is 0.223 e. The Bertz CT molecular complexity index is 595. The smallest absolute Gasteiger partial charge is 0.223 e. The van der Waals surface area contributed by atoms with Crippen molar-refractivity contribution in [2.75, 3.05) is 19.7 Å². The first-order valence-electron chi connectivity index (χ1n) is 9.13. The van der Waals surface area contributed by atoms with Gasteiger partial charge in [-0.1, -0.05) is 20.8 Å². The Morgan fingerprint density at radius 1 is 1.24 bits per heavy atom. The minimum absolute atomic E-state index is 0.0108. The zero-order valence-corrected chi connectivity index (χ0v) is 15.6. The van der Waals surface area contributed by atoms with E-state index in [0.29, 0.717) is 25.3 Å². The van der Waals surface area contributed by atoms with Gasteiger partial charge in [0, 0.05) is 37.5 Å². The largest absolute Gasteiger partial charge is 0.494 e. The molecule has 1 aliphatic rings. The van der Waals surface area contributed by atoms with E-state index in [2.05, 4.69) is 13.8 Å². The summed E-state index contributed by atoms with van der Waals surface area (Å²) in [5.41, 5.74) is 6.66. The summed E-state index contributed by atoms with van der Waals surface area (Å²) < 4.78 is 5.51. The molecule has 0 spiro atoms. The first-order valence-corrected chi connectivity index (χ1v) is 9.13. The highest BCUT2D eigenvalue weighted by Gasteiger charge is 2.35. The highest BCUT2D eigenvalue weighted by Crippen LogP contribution is 2.28. The number of nitrogens with zero attached hydrogens (tertiary/aromatic N) is 1. The van der Waals surface area contributed by atoms with Gasteiger partial charge in [0.25, 0.3) is 0 Å². The number of ketones is 1. The minimum Gasteiger partial charge on any atom is -0.494 e. The highest BCUT2D eigenvalue weighted by atomic mass is 16.5. The van der Waals surface area contributed by atoms with Crippen LogP contribution in [0.1, 0.15) is 56.8 Å². The summed E-state index contributed by atoms with van der Waals surface area (Å²) >= 11 is 0. The van der Waals surface area contributed by atoms with Crippen LogP contribution < -0.4 is 10.5 Å². The summed E-state index contributed by atoms with van der Waals surface area (Å²) in [6, 6.07) is 7.26. The third-order valence-corrected chi connectivity index (χ3v) is 4.88. The SMILES string of the molecule is CCCOc1ccc(C(=O)CCC(=O)N2CCC(N)C(C)(C)C2)cc1. The van der Waals surface area contributed by atoms with Crippen molar-refractivity contribution in [3.8, 4) is 5.75 Å². The molecule has 0 radical (unpaired) electrons. The van der Waals surface area contributed by atoms with Crippen molar-refractivity contribution in [3.63, 3.8) is 0 Å². The third kappa shape index (κ3) is 5.30. The van der Waals surface area contributed by atoms with E-state index in [-0.39, 0.29) is 36.0 Å². The van der Waals surface area contributed by atoms with Crippen LogP contribution in [-0.2, 0) is 4.79 Å². The van der Waals surface area contributed by atoms with Crippen molar-refractivity contribution in [3.05, 3.63) is 29.8 Å². The molecule has 0 saturated carbocycles. The number of hydrogen-bond donors (Lipinski definition) is 1. The van der Waals surface area contributed by atoms with Gasteiger partial charge in [-0.15, -0.1) is 0 Å². The van der Waals surface area contributed by atoms with Crippen LogP contribution in [0.5, 0.6) is 5.75 Å². The molecule has 0 aromatic heterocycles. The molecule has 1 amide bonds. The lowest BCUT2D eigenvalue weighted by atomic mass is 9.79. The monoisotopic (exact) mass is 346 g/mol. The summed E-state index contributed by atoms with van der Waals surface area (Å²) in [7, 11) is 0. The molecule has 1 saturated heterocycles. The van der Waals surface area contributed by atoms with Crippen LogP contribution in [-0.4, -0.2) is 42.3 Å². The van der Waals surface area contributed by atoms with E-state index in [4.69, 9.17) is 10.5 Å². The second kappa shape index (κ2) is 8.48. The van der Waals surface area contributed by atoms with Crippen LogP contribution in [0.25, 0.3) is 0 Å². The number of ether oxygens (including phenoxy) is 1. The Morgan fingerprint density at radius 3 is 2.52 bits per heavy atom. The molecule has 1 fully saturated rings. The molecule has 25 heavy (non-hydrogen) atoms. The topological polar surface area (TPSA) is 72.6 Å². The number of carbonyl (C=O) groups is 2.